The molecule has 0 unspecified atom stereocenters. The number of ether oxygens (including phenoxy) is 1. The van der Waals surface area contributed by atoms with Crippen molar-refractivity contribution >= 4 is 17.6 Å². The first-order chi connectivity index (χ1) is 12.2. The van der Waals surface area contributed by atoms with Crippen molar-refractivity contribution in [2.75, 3.05) is 12.3 Å². The lowest BCUT2D eigenvalue weighted by molar-refractivity contribution is -0.149. The second kappa shape index (κ2) is 8.17. The highest BCUT2D eigenvalue weighted by Gasteiger charge is 2.40. The van der Waals surface area contributed by atoms with E-state index in [1.807, 2.05) is 0 Å². The molecule has 9 heteroatoms. The maximum atomic E-state index is 12.0. The Morgan fingerprint density at radius 2 is 2.04 bits per heavy atom. The van der Waals surface area contributed by atoms with Crippen LogP contribution in [0, 0.1) is 5.92 Å². The van der Waals surface area contributed by atoms with Crippen molar-refractivity contribution in [1.82, 2.24) is 5.32 Å². The highest BCUT2D eigenvalue weighted by Crippen LogP contribution is 2.27. The van der Waals surface area contributed by atoms with E-state index < -0.39 is 48.0 Å². The first-order valence-electron chi connectivity index (χ1n) is 8.00. The second-order valence-corrected chi connectivity index (χ2v) is 6.16. The van der Waals surface area contributed by atoms with Gasteiger partial charge >= 0.3 is 5.97 Å². The van der Waals surface area contributed by atoms with Crippen LogP contribution in [0.4, 0.5) is 5.69 Å². The summed E-state index contributed by atoms with van der Waals surface area (Å²) in [5.41, 5.74) is 6.30. The molecule has 1 aliphatic heterocycles. The van der Waals surface area contributed by atoms with Crippen LogP contribution in [-0.2, 0) is 9.53 Å². The van der Waals surface area contributed by atoms with Crippen LogP contribution in [-0.4, -0.2) is 63.3 Å². The predicted octanol–water partition coefficient (Wildman–Crippen LogP) is -0.915. The number of carboxylic acids is 1. The smallest absolute Gasteiger partial charge is 0.370 e. The van der Waals surface area contributed by atoms with Gasteiger partial charge in [-0.05, 0) is 24.3 Å². The summed E-state index contributed by atoms with van der Waals surface area (Å²) >= 11 is 0. The van der Waals surface area contributed by atoms with Gasteiger partial charge in [-0.2, -0.15) is 0 Å². The van der Waals surface area contributed by atoms with Crippen molar-refractivity contribution in [2.24, 2.45) is 5.92 Å². The fourth-order valence-corrected chi connectivity index (χ4v) is 2.62. The number of nitrogens with two attached hydrogens (primary N) is 1. The van der Waals surface area contributed by atoms with E-state index in [1.165, 1.54) is 6.07 Å². The Morgan fingerprint density at radius 1 is 1.35 bits per heavy atom. The SMILES string of the molecule is C[C@H]1[C@H]([C@H](O)[C@H](O)CNC(=O)c2cccc(N)c2)OC(C(=O)O)=C[C@@H]1O. The van der Waals surface area contributed by atoms with Gasteiger partial charge in [0.2, 0.25) is 5.76 Å². The first kappa shape index (κ1) is 19.7. The number of hydrogen-bond donors (Lipinski definition) is 6. The number of amides is 1. The van der Waals surface area contributed by atoms with E-state index >= 15 is 0 Å². The van der Waals surface area contributed by atoms with Gasteiger partial charge in [-0.1, -0.05) is 13.0 Å². The topological polar surface area (TPSA) is 162 Å². The summed E-state index contributed by atoms with van der Waals surface area (Å²) in [6, 6.07) is 6.23. The third-order valence-corrected chi connectivity index (χ3v) is 4.20. The highest BCUT2D eigenvalue weighted by atomic mass is 16.5. The van der Waals surface area contributed by atoms with Gasteiger partial charge in [0.05, 0.1) is 6.10 Å². The minimum Gasteiger partial charge on any atom is -0.480 e. The van der Waals surface area contributed by atoms with Crippen LogP contribution in [0.1, 0.15) is 17.3 Å². The van der Waals surface area contributed by atoms with Crippen molar-refractivity contribution in [3.05, 3.63) is 41.7 Å². The predicted molar refractivity (Wildman–Crippen MR) is 91.0 cm³/mol. The van der Waals surface area contributed by atoms with E-state index in [0.29, 0.717) is 11.3 Å². The Bertz CT molecular complexity index is 706. The van der Waals surface area contributed by atoms with Crippen molar-refractivity contribution in [1.29, 1.82) is 0 Å². The third-order valence-electron chi connectivity index (χ3n) is 4.20. The molecule has 2 rings (SSSR count). The summed E-state index contributed by atoms with van der Waals surface area (Å²) in [5.74, 6) is -3.05. The summed E-state index contributed by atoms with van der Waals surface area (Å²) in [6.07, 6.45) is -4.23. The van der Waals surface area contributed by atoms with E-state index in [2.05, 4.69) is 5.32 Å². The Balaban J connectivity index is 1.98. The molecule has 26 heavy (non-hydrogen) atoms. The van der Waals surface area contributed by atoms with Gasteiger partial charge in [0.15, 0.2) is 0 Å². The molecule has 0 fully saturated rings. The monoisotopic (exact) mass is 366 g/mol. The maximum Gasteiger partial charge on any atom is 0.370 e. The van der Waals surface area contributed by atoms with Crippen LogP contribution < -0.4 is 11.1 Å². The van der Waals surface area contributed by atoms with Gasteiger partial charge in [-0.25, -0.2) is 4.79 Å². The number of carbonyl (C=O) groups excluding carboxylic acids is 1. The first-order valence-corrected chi connectivity index (χ1v) is 8.00. The maximum absolute atomic E-state index is 12.0. The van der Waals surface area contributed by atoms with Gasteiger partial charge in [-0.3, -0.25) is 4.79 Å². The lowest BCUT2D eigenvalue weighted by atomic mass is 9.89. The number of nitrogens with one attached hydrogen (secondary N) is 1. The quantitative estimate of drug-likeness (QED) is 0.352. The fraction of sp³-hybridized carbons (Fsp3) is 0.412. The number of aliphatic hydroxyl groups is 3. The molecule has 1 aliphatic rings. The number of benzene rings is 1. The molecule has 1 amide bonds. The largest absolute Gasteiger partial charge is 0.480 e. The molecule has 5 atom stereocenters. The number of carboxylic acid groups (broad SMARTS) is 1. The van der Waals surface area contributed by atoms with E-state index in [1.54, 1.807) is 25.1 Å². The van der Waals surface area contributed by atoms with Crippen LogP contribution in [0.2, 0.25) is 0 Å². The Morgan fingerprint density at radius 3 is 2.65 bits per heavy atom. The molecular weight excluding hydrogens is 344 g/mol. The van der Waals surface area contributed by atoms with Crippen LogP contribution in [0.5, 0.6) is 0 Å². The van der Waals surface area contributed by atoms with Gasteiger partial charge in [-0.15, -0.1) is 0 Å². The molecule has 0 aliphatic carbocycles. The molecule has 0 aromatic heterocycles. The van der Waals surface area contributed by atoms with Gasteiger partial charge < -0.3 is 36.2 Å². The number of carbonyl (C=O) groups is 2. The summed E-state index contributed by atoms with van der Waals surface area (Å²) in [4.78, 5) is 23.1. The minimum atomic E-state index is -1.52. The average molecular weight is 366 g/mol. The second-order valence-electron chi connectivity index (χ2n) is 6.16. The Hall–Kier alpha value is -2.62. The van der Waals surface area contributed by atoms with Gasteiger partial charge in [0, 0.05) is 23.7 Å². The molecule has 1 heterocycles. The zero-order valence-corrected chi connectivity index (χ0v) is 14.1. The number of aliphatic hydroxyl groups excluding tert-OH is 3. The lowest BCUT2D eigenvalue weighted by Crippen LogP contribution is -2.51. The fourth-order valence-electron chi connectivity index (χ4n) is 2.62. The number of aliphatic carboxylic acids is 1. The molecule has 0 saturated heterocycles. The molecule has 142 valence electrons. The van der Waals surface area contributed by atoms with E-state index in [0.717, 1.165) is 6.08 Å². The molecule has 0 bridgehead atoms. The van der Waals surface area contributed by atoms with Crippen molar-refractivity contribution < 1.29 is 34.8 Å². The van der Waals surface area contributed by atoms with Crippen LogP contribution in [0.25, 0.3) is 0 Å². The van der Waals surface area contributed by atoms with Crippen LogP contribution >= 0.6 is 0 Å². The van der Waals surface area contributed by atoms with Crippen LogP contribution in [0.15, 0.2) is 36.1 Å². The molecule has 1 aromatic rings. The summed E-state index contributed by atoms with van der Waals surface area (Å²) < 4.78 is 5.18. The standard InChI is InChI=1S/C17H22N2O7/c1-8-11(20)6-13(17(24)25)26-15(8)14(22)12(21)7-19-16(23)9-3-2-4-10(18)5-9/h2-6,8,11-12,14-15,20-22H,7,18H2,1H3,(H,19,23)(H,24,25)/t8-,11+,12-,14-,15-/m1/s1. The summed E-state index contributed by atoms with van der Waals surface area (Å²) in [6.45, 7) is 1.25. The van der Waals surface area contributed by atoms with Gasteiger partial charge in [0.25, 0.3) is 5.91 Å². The molecule has 0 radical (unpaired) electrons. The third kappa shape index (κ3) is 4.51. The Kier molecular flexibility index (Phi) is 6.19. The molecule has 0 saturated carbocycles. The molecule has 1 aromatic carbocycles. The van der Waals surface area contributed by atoms with Crippen molar-refractivity contribution in [2.45, 2.75) is 31.3 Å². The normalized spacial score (nSPS) is 24.8. The van der Waals surface area contributed by atoms with E-state index in [9.17, 15) is 24.9 Å². The molecular formula is C17H22N2O7. The minimum absolute atomic E-state index is 0.292. The zero-order chi connectivity index (χ0) is 19.4. The highest BCUT2D eigenvalue weighted by molar-refractivity contribution is 5.95. The summed E-state index contributed by atoms with van der Waals surface area (Å²) in [5, 5.41) is 41.8. The number of rotatable bonds is 6. The van der Waals surface area contributed by atoms with Crippen LogP contribution in [0.3, 0.4) is 0 Å². The molecule has 0 spiro atoms. The Labute approximate surface area is 149 Å². The number of anilines is 1. The van der Waals surface area contributed by atoms with Crippen molar-refractivity contribution in [3.8, 4) is 0 Å². The lowest BCUT2D eigenvalue weighted by Gasteiger charge is -2.36. The summed E-state index contributed by atoms with van der Waals surface area (Å²) in [7, 11) is 0. The zero-order valence-electron chi connectivity index (χ0n) is 14.1. The average Bonchev–Trinajstić information content (AvgIpc) is 2.60. The van der Waals surface area contributed by atoms with Crippen molar-refractivity contribution in [3.63, 3.8) is 0 Å². The number of hydrogen-bond acceptors (Lipinski definition) is 7. The number of nitrogen functional groups attached to an aromatic ring is 1. The van der Waals surface area contributed by atoms with Gasteiger partial charge in [0.1, 0.15) is 18.3 Å². The van der Waals surface area contributed by atoms with E-state index in [-0.39, 0.29) is 6.54 Å². The van der Waals surface area contributed by atoms with E-state index in [4.69, 9.17) is 15.6 Å². The molecule has 7 N–H and O–H groups in total. The molecule has 9 nitrogen and oxygen atoms in total.